The van der Waals surface area contributed by atoms with Crippen molar-refractivity contribution < 1.29 is 23.1 Å². The van der Waals surface area contributed by atoms with E-state index in [2.05, 4.69) is 4.90 Å². The van der Waals surface area contributed by atoms with Crippen LogP contribution in [0.1, 0.15) is 17.1 Å². The molecule has 27 heavy (non-hydrogen) atoms. The summed E-state index contributed by atoms with van der Waals surface area (Å²) in [4.78, 5) is 25.8. The third kappa shape index (κ3) is 4.06. The van der Waals surface area contributed by atoms with E-state index in [1.807, 2.05) is 26.2 Å². The molecule has 0 fully saturated rings. The quantitative estimate of drug-likeness (QED) is 0.656. The number of likely N-dealkylation sites (N-methyl/N-ethyl adjacent to an activating group) is 1. The van der Waals surface area contributed by atoms with E-state index < -0.39 is 11.9 Å². The summed E-state index contributed by atoms with van der Waals surface area (Å²) in [6.07, 6.45) is 1.98. The Morgan fingerprint density at radius 3 is 2.67 bits per heavy atom. The normalized spacial score (nSPS) is 11.3. The van der Waals surface area contributed by atoms with Crippen LogP contribution in [-0.2, 0) is 17.8 Å². The van der Waals surface area contributed by atoms with Gasteiger partial charge >= 0.3 is 11.9 Å². The summed E-state index contributed by atoms with van der Waals surface area (Å²) < 4.78 is 21.7. The lowest BCUT2D eigenvalue weighted by atomic mass is 10.1. The number of aryl methyl sites for hydroxylation is 1. The molecule has 3 rings (SSSR count). The van der Waals surface area contributed by atoms with E-state index in [9.17, 15) is 9.59 Å². The van der Waals surface area contributed by atoms with Gasteiger partial charge in [0, 0.05) is 24.2 Å². The van der Waals surface area contributed by atoms with Crippen LogP contribution in [-0.4, -0.2) is 43.3 Å². The van der Waals surface area contributed by atoms with Crippen LogP contribution in [0.3, 0.4) is 0 Å². The van der Waals surface area contributed by atoms with Gasteiger partial charge in [-0.05, 0) is 45.1 Å². The van der Waals surface area contributed by atoms with Crippen molar-refractivity contribution in [2.24, 2.45) is 0 Å². The molecule has 0 saturated heterocycles. The second kappa shape index (κ2) is 7.71. The van der Waals surface area contributed by atoms with Crippen LogP contribution in [0.4, 0.5) is 4.79 Å². The minimum atomic E-state index is -0.819. The Balaban J connectivity index is 1.90. The molecule has 1 aromatic carbocycles. The summed E-state index contributed by atoms with van der Waals surface area (Å²) in [5, 5.41) is 0.959. The van der Waals surface area contributed by atoms with Crippen molar-refractivity contribution in [1.29, 1.82) is 0 Å². The highest BCUT2D eigenvalue weighted by molar-refractivity contribution is 5.92. The first-order valence-corrected chi connectivity index (χ1v) is 8.48. The molecule has 0 atom stereocenters. The van der Waals surface area contributed by atoms with Crippen molar-refractivity contribution in [2.45, 2.75) is 20.0 Å². The standard InChI is InChI=1S/C19H22N2O6/c1-12-17(27-19(23)26-12)11-25-18(22)21-10-13(7-8-20(2)3)15-6-5-14(24-4)9-16(15)21/h5-6,9-10H,7-8,11H2,1-4H3. The monoisotopic (exact) mass is 374 g/mol. The van der Waals surface area contributed by atoms with E-state index in [1.54, 1.807) is 26.3 Å². The number of carbonyl (C=O) groups excluding carboxylic acids is 1. The van der Waals surface area contributed by atoms with E-state index in [0.717, 1.165) is 23.9 Å². The summed E-state index contributed by atoms with van der Waals surface area (Å²) in [5.74, 6) is 0.305. The third-order valence-corrected chi connectivity index (χ3v) is 4.28. The summed E-state index contributed by atoms with van der Waals surface area (Å²) in [5.41, 5.74) is 1.72. The van der Waals surface area contributed by atoms with Gasteiger partial charge in [-0.3, -0.25) is 4.57 Å². The first kappa shape index (κ1) is 18.8. The Bertz CT molecular complexity index is 1010. The second-order valence-electron chi connectivity index (χ2n) is 6.45. The molecule has 8 nitrogen and oxygen atoms in total. The number of ether oxygens (including phenoxy) is 2. The number of nitrogens with zero attached hydrogens (tertiary/aromatic N) is 2. The highest BCUT2D eigenvalue weighted by atomic mass is 16.6. The first-order chi connectivity index (χ1) is 12.9. The molecule has 2 aromatic heterocycles. The van der Waals surface area contributed by atoms with Crippen LogP contribution in [0.15, 0.2) is 38.0 Å². The average molecular weight is 374 g/mol. The van der Waals surface area contributed by atoms with Gasteiger partial charge in [-0.15, -0.1) is 0 Å². The molecule has 0 bridgehead atoms. The second-order valence-corrected chi connectivity index (χ2v) is 6.45. The number of carbonyl (C=O) groups is 1. The summed E-state index contributed by atoms with van der Waals surface area (Å²) in [7, 11) is 5.57. The lowest BCUT2D eigenvalue weighted by molar-refractivity contribution is 0.132. The van der Waals surface area contributed by atoms with Crippen molar-refractivity contribution in [3.8, 4) is 5.75 Å². The minimum Gasteiger partial charge on any atom is -0.497 e. The van der Waals surface area contributed by atoms with Gasteiger partial charge in [0.05, 0.1) is 12.6 Å². The maximum absolute atomic E-state index is 12.6. The predicted molar refractivity (Wildman–Crippen MR) is 98.3 cm³/mol. The lowest BCUT2D eigenvalue weighted by Crippen LogP contribution is -2.15. The fourth-order valence-electron chi connectivity index (χ4n) is 2.80. The van der Waals surface area contributed by atoms with Crippen LogP contribution >= 0.6 is 0 Å². The molecule has 8 heteroatoms. The number of hydrogen-bond acceptors (Lipinski definition) is 7. The van der Waals surface area contributed by atoms with Gasteiger partial charge in [0.15, 0.2) is 18.1 Å². The Labute approximate surface area is 155 Å². The van der Waals surface area contributed by atoms with E-state index >= 15 is 0 Å². The summed E-state index contributed by atoms with van der Waals surface area (Å²) >= 11 is 0. The van der Waals surface area contributed by atoms with Gasteiger partial charge in [0.2, 0.25) is 0 Å². The van der Waals surface area contributed by atoms with Crippen molar-refractivity contribution in [2.75, 3.05) is 27.7 Å². The van der Waals surface area contributed by atoms with Crippen molar-refractivity contribution in [3.05, 3.63) is 52.1 Å². The van der Waals surface area contributed by atoms with Gasteiger partial charge in [-0.2, -0.15) is 0 Å². The number of fused-ring (bicyclic) bond motifs is 1. The molecule has 0 unspecified atom stereocenters. The van der Waals surface area contributed by atoms with E-state index in [-0.39, 0.29) is 12.4 Å². The molecule has 3 aromatic rings. The van der Waals surface area contributed by atoms with Gasteiger partial charge in [0.1, 0.15) is 5.75 Å². The van der Waals surface area contributed by atoms with Crippen LogP contribution in [0, 0.1) is 6.92 Å². The lowest BCUT2D eigenvalue weighted by Gasteiger charge is -2.08. The van der Waals surface area contributed by atoms with Gasteiger partial charge < -0.3 is 23.2 Å². The van der Waals surface area contributed by atoms with Crippen molar-refractivity contribution in [3.63, 3.8) is 0 Å². The molecule has 0 saturated carbocycles. The molecule has 0 amide bonds. The molecule has 0 aliphatic rings. The number of hydrogen-bond donors (Lipinski definition) is 0. The minimum absolute atomic E-state index is 0.187. The fraction of sp³-hybridized carbons (Fsp3) is 0.368. The molecule has 0 N–H and O–H groups in total. The smallest absolute Gasteiger partial charge is 0.497 e. The molecule has 144 valence electrons. The van der Waals surface area contributed by atoms with Gasteiger partial charge in [-0.1, -0.05) is 0 Å². The van der Waals surface area contributed by atoms with E-state index in [1.165, 1.54) is 4.57 Å². The van der Waals surface area contributed by atoms with Crippen LogP contribution in [0.25, 0.3) is 10.9 Å². The molecule has 0 spiro atoms. The Kier molecular flexibility index (Phi) is 5.36. The maximum atomic E-state index is 12.6. The highest BCUT2D eigenvalue weighted by Gasteiger charge is 2.17. The molecular formula is C19H22N2O6. The van der Waals surface area contributed by atoms with E-state index in [4.69, 9.17) is 18.3 Å². The average Bonchev–Trinajstić information content (AvgIpc) is 3.16. The zero-order valence-corrected chi connectivity index (χ0v) is 15.8. The third-order valence-electron chi connectivity index (χ3n) is 4.28. The molecule has 0 aliphatic heterocycles. The van der Waals surface area contributed by atoms with Crippen molar-refractivity contribution in [1.82, 2.24) is 9.47 Å². The van der Waals surface area contributed by atoms with Gasteiger partial charge in [0.25, 0.3) is 0 Å². The Hall–Kier alpha value is -3.00. The SMILES string of the molecule is COc1ccc2c(CCN(C)C)cn(C(=O)OCc3oc(=O)oc3C)c2c1. The summed E-state index contributed by atoms with van der Waals surface area (Å²) in [6, 6.07) is 5.59. The molecule has 0 radical (unpaired) electrons. The number of benzene rings is 1. The first-order valence-electron chi connectivity index (χ1n) is 8.48. The zero-order valence-electron chi connectivity index (χ0n) is 15.8. The molecular weight excluding hydrogens is 352 g/mol. The topological polar surface area (TPSA) is 87.0 Å². The maximum Gasteiger partial charge on any atom is 0.519 e. The highest BCUT2D eigenvalue weighted by Crippen LogP contribution is 2.27. The fourth-order valence-corrected chi connectivity index (χ4v) is 2.80. The Morgan fingerprint density at radius 1 is 1.26 bits per heavy atom. The largest absolute Gasteiger partial charge is 0.519 e. The number of rotatable bonds is 6. The van der Waals surface area contributed by atoms with Crippen molar-refractivity contribution >= 4 is 17.0 Å². The number of aromatic nitrogens is 1. The van der Waals surface area contributed by atoms with Crippen LogP contribution in [0.2, 0.25) is 0 Å². The molecule has 2 heterocycles. The predicted octanol–water partition coefficient (Wildman–Crippen LogP) is 2.79. The zero-order chi connectivity index (χ0) is 19.6. The summed E-state index contributed by atoms with van der Waals surface area (Å²) in [6.45, 7) is 2.23. The van der Waals surface area contributed by atoms with E-state index in [0.29, 0.717) is 17.0 Å². The molecule has 0 aliphatic carbocycles. The Morgan fingerprint density at radius 2 is 2.04 bits per heavy atom. The van der Waals surface area contributed by atoms with Crippen LogP contribution in [0.5, 0.6) is 5.75 Å². The van der Waals surface area contributed by atoms with Gasteiger partial charge in [-0.25, -0.2) is 9.59 Å². The van der Waals surface area contributed by atoms with Crippen LogP contribution < -0.4 is 10.6 Å². The number of methoxy groups -OCH3 is 1.